The SMILES string of the molecule is CCOCCNCc1cc(C)ccc1C. The van der Waals surface area contributed by atoms with Crippen molar-refractivity contribution in [2.45, 2.75) is 27.3 Å². The van der Waals surface area contributed by atoms with Crippen LogP contribution in [0.15, 0.2) is 18.2 Å². The summed E-state index contributed by atoms with van der Waals surface area (Å²) in [5, 5.41) is 3.38. The van der Waals surface area contributed by atoms with E-state index >= 15 is 0 Å². The molecule has 2 nitrogen and oxygen atoms in total. The highest BCUT2D eigenvalue weighted by atomic mass is 16.5. The van der Waals surface area contributed by atoms with Gasteiger partial charge in [0, 0.05) is 19.7 Å². The quantitative estimate of drug-likeness (QED) is 0.723. The molecule has 0 saturated heterocycles. The van der Waals surface area contributed by atoms with Crippen molar-refractivity contribution >= 4 is 0 Å². The molecule has 0 unspecified atom stereocenters. The minimum Gasteiger partial charge on any atom is -0.380 e. The fourth-order valence-corrected chi connectivity index (χ4v) is 1.50. The van der Waals surface area contributed by atoms with Crippen LogP contribution in [0.4, 0.5) is 0 Å². The van der Waals surface area contributed by atoms with Crippen LogP contribution < -0.4 is 5.32 Å². The smallest absolute Gasteiger partial charge is 0.0590 e. The average Bonchev–Trinajstić information content (AvgIpc) is 2.23. The third-order valence-electron chi connectivity index (χ3n) is 2.45. The summed E-state index contributed by atoms with van der Waals surface area (Å²) in [6.45, 7) is 9.74. The van der Waals surface area contributed by atoms with E-state index < -0.39 is 0 Å². The molecule has 0 aromatic heterocycles. The van der Waals surface area contributed by atoms with Crippen LogP contribution in [0.1, 0.15) is 23.6 Å². The van der Waals surface area contributed by atoms with Crippen molar-refractivity contribution in [1.82, 2.24) is 5.32 Å². The Balaban J connectivity index is 2.33. The molecule has 0 aliphatic carbocycles. The van der Waals surface area contributed by atoms with E-state index in [0.717, 1.165) is 26.3 Å². The Hall–Kier alpha value is -0.860. The number of rotatable bonds is 6. The first kappa shape index (κ1) is 12.2. The van der Waals surface area contributed by atoms with Crippen molar-refractivity contribution in [2.75, 3.05) is 19.8 Å². The summed E-state index contributed by atoms with van der Waals surface area (Å²) in [4.78, 5) is 0. The number of hydrogen-bond donors (Lipinski definition) is 1. The van der Waals surface area contributed by atoms with E-state index in [9.17, 15) is 0 Å². The lowest BCUT2D eigenvalue weighted by Crippen LogP contribution is -2.19. The molecule has 0 fully saturated rings. The summed E-state index contributed by atoms with van der Waals surface area (Å²) in [6.07, 6.45) is 0. The summed E-state index contributed by atoms with van der Waals surface area (Å²) in [5.41, 5.74) is 4.05. The molecule has 1 aromatic carbocycles. The van der Waals surface area contributed by atoms with E-state index in [1.165, 1.54) is 16.7 Å². The number of hydrogen-bond acceptors (Lipinski definition) is 2. The summed E-state index contributed by atoms with van der Waals surface area (Å²) in [7, 11) is 0. The topological polar surface area (TPSA) is 21.3 Å². The monoisotopic (exact) mass is 207 g/mol. The molecule has 0 radical (unpaired) electrons. The van der Waals surface area contributed by atoms with E-state index in [1.54, 1.807) is 0 Å². The van der Waals surface area contributed by atoms with Crippen LogP contribution in [0.2, 0.25) is 0 Å². The maximum Gasteiger partial charge on any atom is 0.0590 e. The van der Waals surface area contributed by atoms with Crippen molar-refractivity contribution in [1.29, 1.82) is 0 Å². The molecule has 0 spiro atoms. The zero-order chi connectivity index (χ0) is 11.1. The Bertz CT molecular complexity index is 297. The van der Waals surface area contributed by atoms with E-state index in [1.807, 2.05) is 6.92 Å². The number of aryl methyl sites for hydroxylation is 2. The molecule has 1 aromatic rings. The molecule has 0 aliphatic rings. The highest BCUT2D eigenvalue weighted by Gasteiger charge is 1.97. The normalized spacial score (nSPS) is 10.6. The van der Waals surface area contributed by atoms with Gasteiger partial charge in [0.15, 0.2) is 0 Å². The molecular formula is C13H21NO. The van der Waals surface area contributed by atoms with Gasteiger partial charge in [0.1, 0.15) is 0 Å². The molecule has 2 heteroatoms. The van der Waals surface area contributed by atoms with Gasteiger partial charge in [-0.1, -0.05) is 23.8 Å². The molecule has 0 aliphatic heterocycles. The van der Waals surface area contributed by atoms with Gasteiger partial charge in [-0.2, -0.15) is 0 Å². The molecule has 84 valence electrons. The Kier molecular flexibility index (Phi) is 5.37. The van der Waals surface area contributed by atoms with Crippen LogP contribution >= 0.6 is 0 Å². The maximum absolute atomic E-state index is 5.26. The first-order valence-corrected chi connectivity index (χ1v) is 5.58. The predicted molar refractivity (Wildman–Crippen MR) is 64.1 cm³/mol. The van der Waals surface area contributed by atoms with E-state index in [-0.39, 0.29) is 0 Å². The van der Waals surface area contributed by atoms with Crippen LogP contribution in [0.5, 0.6) is 0 Å². The Morgan fingerprint density at radius 3 is 2.80 bits per heavy atom. The van der Waals surface area contributed by atoms with Crippen LogP contribution in [-0.4, -0.2) is 19.8 Å². The minimum absolute atomic E-state index is 0.793. The lowest BCUT2D eigenvalue weighted by Gasteiger charge is -2.08. The fraction of sp³-hybridized carbons (Fsp3) is 0.538. The van der Waals surface area contributed by atoms with Gasteiger partial charge in [0.25, 0.3) is 0 Å². The lowest BCUT2D eigenvalue weighted by molar-refractivity contribution is 0.149. The molecule has 0 atom stereocenters. The van der Waals surface area contributed by atoms with Crippen molar-refractivity contribution in [3.05, 3.63) is 34.9 Å². The van der Waals surface area contributed by atoms with Gasteiger partial charge in [-0.3, -0.25) is 0 Å². The first-order chi connectivity index (χ1) is 7.24. The van der Waals surface area contributed by atoms with Gasteiger partial charge in [-0.05, 0) is 31.9 Å². The largest absolute Gasteiger partial charge is 0.380 e. The summed E-state index contributed by atoms with van der Waals surface area (Å²) < 4.78 is 5.26. The second-order valence-corrected chi connectivity index (χ2v) is 3.80. The highest BCUT2D eigenvalue weighted by molar-refractivity contribution is 5.30. The van der Waals surface area contributed by atoms with E-state index in [2.05, 4.69) is 37.4 Å². The highest BCUT2D eigenvalue weighted by Crippen LogP contribution is 2.09. The Morgan fingerprint density at radius 2 is 2.07 bits per heavy atom. The third-order valence-corrected chi connectivity index (χ3v) is 2.45. The van der Waals surface area contributed by atoms with Crippen molar-refractivity contribution in [2.24, 2.45) is 0 Å². The minimum atomic E-state index is 0.793. The second kappa shape index (κ2) is 6.59. The molecule has 0 bridgehead atoms. The average molecular weight is 207 g/mol. The first-order valence-electron chi connectivity index (χ1n) is 5.58. The molecule has 1 rings (SSSR count). The van der Waals surface area contributed by atoms with Crippen molar-refractivity contribution in [3.8, 4) is 0 Å². The summed E-state index contributed by atoms with van der Waals surface area (Å²) in [5.74, 6) is 0. The fourth-order valence-electron chi connectivity index (χ4n) is 1.50. The van der Waals surface area contributed by atoms with Crippen molar-refractivity contribution in [3.63, 3.8) is 0 Å². The molecular weight excluding hydrogens is 186 g/mol. The number of benzene rings is 1. The van der Waals surface area contributed by atoms with Crippen LogP contribution in [0, 0.1) is 13.8 Å². The number of nitrogens with one attached hydrogen (secondary N) is 1. The molecule has 0 amide bonds. The maximum atomic E-state index is 5.26. The third kappa shape index (κ3) is 4.45. The van der Waals surface area contributed by atoms with E-state index in [4.69, 9.17) is 4.74 Å². The van der Waals surface area contributed by atoms with Gasteiger partial charge in [0.2, 0.25) is 0 Å². The van der Waals surface area contributed by atoms with Gasteiger partial charge >= 0.3 is 0 Å². The predicted octanol–water partition coefficient (Wildman–Crippen LogP) is 2.43. The van der Waals surface area contributed by atoms with Crippen molar-refractivity contribution < 1.29 is 4.74 Å². The zero-order valence-electron chi connectivity index (χ0n) is 9.97. The Morgan fingerprint density at radius 1 is 1.27 bits per heavy atom. The van der Waals surface area contributed by atoms with Gasteiger partial charge in [0.05, 0.1) is 6.61 Å². The summed E-state index contributed by atoms with van der Waals surface area (Å²) in [6, 6.07) is 6.57. The van der Waals surface area contributed by atoms with E-state index in [0.29, 0.717) is 0 Å². The second-order valence-electron chi connectivity index (χ2n) is 3.80. The van der Waals surface area contributed by atoms with Gasteiger partial charge < -0.3 is 10.1 Å². The van der Waals surface area contributed by atoms with Crippen LogP contribution in [0.3, 0.4) is 0 Å². The molecule has 0 saturated carbocycles. The molecule has 15 heavy (non-hydrogen) atoms. The van der Waals surface area contributed by atoms with Gasteiger partial charge in [-0.15, -0.1) is 0 Å². The summed E-state index contributed by atoms with van der Waals surface area (Å²) >= 11 is 0. The van der Waals surface area contributed by atoms with Crippen LogP contribution in [-0.2, 0) is 11.3 Å². The molecule has 1 N–H and O–H groups in total. The Labute approximate surface area is 92.6 Å². The standard InChI is InChI=1S/C13H21NO/c1-4-15-8-7-14-10-13-9-11(2)5-6-12(13)3/h5-6,9,14H,4,7-8,10H2,1-3H3. The number of ether oxygens (including phenoxy) is 1. The van der Waals surface area contributed by atoms with Crippen LogP contribution in [0.25, 0.3) is 0 Å². The molecule has 0 heterocycles. The van der Waals surface area contributed by atoms with Gasteiger partial charge in [-0.25, -0.2) is 0 Å². The zero-order valence-corrected chi connectivity index (χ0v) is 9.97. The lowest BCUT2D eigenvalue weighted by atomic mass is 10.1.